The molecule has 4 rings (SSSR count). The zero-order chi connectivity index (χ0) is 23.5. The number of aromatic nitrogens is 1. The summed E-state index contributed by atoms with van der Waals surface area (Å²) in [6.07, 6.45) is 2.75. The first-order chi connectivity index (χ1) is 15.9. The van der Waals surface area contributed by atoms with Crippen molar-refractivity contribution < 1.29 is 14.3 Å². The Morgan fingerprint density at radius 1 is 1.24 bits per heavy atom. The summed E-state index contributed by atoms with van der Waals surface area (Å²) < 4.78 is 13.7. The molecule has 0 aliphatic carbocycles. The number of carbonyl (C=O) groups is 1. The van der Waals surface area contributed by atoms with Crippen molar-refractivity contribution in [1.29, 1.82) is 0 Å². The summed E-state index contributed by atoms with van der Waals surface area (Å²) >= 11 is 4.84. The van der Waals surface area contributed by atoms with Crippen molar-refractivity contribution in [3.8, 4) is 5.75 Å². The molecule has 0 amide bonds. The van der Waals surface area contributed by atoms with E-state index in [9.17, 15) is 9.59 Å². The first-order valence-corrected chi connectivity index (χ1v) is 12.1. The van der Waals surface area contributed by atoms with Gasteiger partial charge in [0.2, 0.25) is 0 Å². The van der Waals surface area contributed by atoms with E-state index < -0.39 is 12.0 Å². The van der Waals surface area contributed by atoms with Gasteiger partial charge in [-0.15, -0.1) is 0 Å². The zero-order valence-electron chi connectivity index (χ0n) is 18.5. The molecular formula is C25H23BrN2O4S. The number of hydrogen-bond acceptors (Lipinski definition) is 6. The Bertz CT molecular complexity index is 1410. The number of hydrogen-bond donors (Lipinski definition) is 0. The normalized spacial score (nSPS) is 15.8. The van der Waals surface area contributed by atoms with Gasteiger partial charge in [0, 0.05) is 0 Å². The SMILES string of the molecule is CCCOc1ccc(C=c2sc3n(c2=O)C(c2ccccc2)C(C(=O)OC)=C(C)N=3)cc1Br. The molecule has 2 heterocycles. The molecule has 6 nitrogen and oxygen atoms in total. The number of thiazole rings is 1. The number of carbonyl (C=O) groups excluding carboxylic acids is 1. The molecule has 8 heteroatoms. The van der Waals surface area contributed by atoms with Gasteiger partial charge in [0.05, 0.1) is 40.0 Å². The molecule has 1 atom stereocenters. The van der Waals surface area contributed by atoms with E-state index in [1.54, 1.807) is 11.5 Å². The highest BCUT2D eigenvalue weighted by atomic mass is 79.9. The van der Waals surface area contributed by atoms with Crippen molar-refractivity contribution in [2.24, 2.45) is 4.99 Å². The number of benzene rings is 2. The number of esters is 1. The Labute approximate surface area is 203 Å². The van der Waals surface area contributed by atoms with E-state index in [0.717, 1.165) is 27.8 Å². The second-order valence-electron chi connectivity index (χ2n) is 7.52. The van der Waals surface area contributed by atoms with E-state index >= 15 is 0 Å². The topological polar surface area (TPSA) is 69.9 Å². The van der Waals surface area contributed by atoms with Gasteiger partial charge in [-0.2, -0.15) is 0 Å². The standard InChI is InChI=1S/C25H23BrN2O4S/c1-4-12-32-19-11-10-16(13-18(19)26)14-20-23(29)28-22(17-8-6-5-7-9-17)21(24(30)31-3)15(2)27-25(28)33-20/h5-11,13-14,22H,4,12H2,1-3H3. The quantitative estimate of drug-likeness (QED) is 0.456. The predicted octanol–water partition coefficient (Wildman–Crippen LogP) is 3.96. The number of fused-ring (bicyclic) bond motifs is 1. The number of allylic oxidation sites excluding steroid dienone is 1. The lowest BCUT2D eigenvalue weighted by atomic mass is 9.96. The van der Waals surface area contributed by atoms with Crippen LogP contribution in [-0.4, -0.2) is 24.3 Å². The molecule has 0 fully saturated rings. The summed E-state index contributed by atoms with van der Waals surface area (Å²) in [6, 6.07) is 14.6. The average molecular weight is 527 g/mol. The molecule has 2 aromatic carbocycles. The molecule has 3 aromatic rings. The van der Waals surface area contributed by atoms with Crippen LogP contribution in [0.5, 0.6) is 5.75 Å². The molecule has 0 N–H and O–H groups in total. The first kappa shape index (κ1) is 23.2. The molecule has 0 radical (unpaired) electrons. The van der Waals surface area contributed by atoms with Gasteiger partial charge < -0.3 is 9.47 Å². The minimum absolute atomic E-state index is 0.205. The molecule has 1 unspecified atom stereocenters. The molecule has 1 aliphatic rings. The fourth-order valence-corrected chi connectivity index (χ4v) is 5.29. The minimum Gasteiger partial charge on any atom is -0.492 e. The fourth-order valence-electron chi connectivity index (χ4n) is 3.73. The fraction of sp³-hybridized carbons (Fsp3) is 0.240. The number of nitrogens with zero attached hydrogens (tertiary/aromatic N) is 2. The average Bonchev–Trinajstić information content (AvgIpc) is 3.12. The third-order valence-corrected chi connectivity index (χ3v) is 6.86. The number of methoxy groups -OCH3 is 1. The van der Waals surface area contributed by atoms with Gasteiger partial charge >= 0.3 is 5.97 Å². The molecule has 170 valence electrons. The number of rotatable bonds is 6. The van der Waals surface area contributed by atoms with Crippen molar-refractivity contribution >= 4 is 39.3 Å². The number of ether oxygens (including phenoxy) is 2. The van der Waals surface area contributed by atoms with E-state index in [4.69, 9.17) is 9.47 Å². The van der Waals surface area contributed by atoms with Crippen LogP contribution in [0.3, 0.4) is 0 Å². The molecule has 0 saturated heterocycles. The smallest absolute Gasteiger partial charge is 0.338 e. The van der Waals surface area contributed by atoms with Gasteiger partial charge in [0.15, 0.2) is 4.80 Å². The Hall–Kier alpha value is -2.97. The molecule has 0 bridgehead atoms. The van der Waals surface area contributed by atoms with Crippen LogP contribution in [-0.2, 0) is 9.53 Å². The lowest BCUT2D eigenvalue weighted by Crippen LogP contribution is -2.39. The second kappa shape index (κ2) is 9.89. The van der Waals surface area contributed by atoms with Crippen LogP contribution in [0.25, 0.3) is 6.08 Å². The largest absolute Gasteiger partial charge is 0.492 e. The maximum atomic E-state index is 13.5. The van der Waals surface area contributed by atoms with Crippen molar-refractivity contribution in [1.82, 2.24) is 4.57 Å². The van der Waals surface area contributed by atoms with E-state index in [1.165, 1.54) is 18.4 Å². The van der Waals surface area contributed by atoms with Crippen LogP contribution in [0, 0.1) is 0 Å². The first-order valence-electron chi connectivity index (χ1n) is 10.5. The Morgan fingerprint density at radius 3 is 2.67 bits per heavy atom. The molecule has 1 aliphatic heterocycles. The molecule has 0 saturated carbocycles. The predicted molar refractivity (Wildman–Crippen MR) is 132 cm³/mol. The van der Waals surface area contributed by atoms with Gasteiger partial charge in [-0.25, -0.2) is 9.79 Å². The van der Waals surface area contributed by atoms with E-state index in [0.29, 0.717) is 27.2 Å². The summed E-state index contributed by atoms with van der Waals surface area (Å²) in [6.45, 7) is 4.46. The summed E-state index contributed by atoms with van der Waals surface area (Å²) in [5.74, 6) is 0.267. The maximum absolute atomic E-state index is 13.5. The highest BCUT2D eigenvalue weighted by molar-refractivity contribution is 9.10. The molecular weight excluding hydrogens is 504 g/mol. The lowest BCUT2D eigenvalue weighted by Gasteiger charge is -2.24. The van der Waals surface area contributed by atoms with Crippen LogP contribution in [0.15, 0.2) is 74.1 Å². The Kier molecular flexibility index (Phi) is 6.95. The molecule has 0 spiro atoms. The van der Waals surface area contributed by atoms with Gasteiger partial charge in [0.25, 0.3) is 5.56 Å². The zero-order valence-corrected chi connectivity index (χ0v) is 20.9. The van der Waals surface area contributed by atoms with Crippen molar-refractivity contribution in [3.05, 3.63) is 95.1 Å². The summed E-state index contributed by atoms with van der Waals surface area (Å²) in [4.78, 5) is 31.3. The van der Waals surface area contributed by atoms with E-state index in [1.807, 2.05) is 54.6 Å². The van der Waals surface area contributed by atoms with Gasteiger partial charge in [-0.3, -0.25) is 9.36 Å². The third kappa shape index (κ3) is 4.58. The maximum Gasteiger partial charge on any atom is 0.338 e. The van der Waals surface area contributed by atoms with Crippen molar-refractivity contribution in [3.63, 3.8) is 0 Å². The van der Waals surface area contributed by atoms with Crippen LogP contribution < -0.4 is 19.6 Å². The monoisotopic (exact) mass is 526 g/mol. The Morgan fingerprint density at radius 2 is 2.00 bits per heavy atom. The van der Waals surface area contributed by atoms with Crippen LogP contribution in [0.1, 0.15) is 37.4 Å². The van der Waals surface area contributed by atoms with Crippen molar-refractivity contribution in [2.75, 3.05) is 13.7 Å². The van der Waals surface area contributed by atoms with Crippen LogP contribution in [0.4, 0.5) is 0 Å². The highest BCUT2D eigenvalue weighted by Crippen LogP contribution is 2.30. The summed E-state index contributed by atoms with van der Waals surface area (Å²) in [5.41, 5.74) is 2.38. The lowest BCUT2D eigenvalue weighted by molar-refractivity contribution is -0.136. The number of halogens is 1. The molecule has 33 heavy (non-hydrogen) atoms. The van der Waals surface area contributed by atoms with Gasteiger partial charge in [-0.05, 0) is 58.6 Å². The van der Waals surface area contributed by atoms with Crippen molar-refractivity contribution in [2.45, 2.75) is 26.3 Å². The Balaban J connectivity index is 1.86. The highest BCUT2D eigenvalue weighted by Gasteiger charge is 2.32. The summed E-state index contributed by atoms with van der Waals surface area (Å²) in [5, 5.41) is 0. The van der Waals surface area contributed by atoms with Gasteiger partial charge in [0.1, 0.15) is 5.75 Å². The van der Waals surface area contributed by atoms with Crippen LogP contribution in [0.2, 0.25) is 0 Å². The van der Waals surface area contributed by atoms with Gasteiger partial charge in [-0.1, -0.05) is 54.7 Å². The van der Waals surface area contributed by atoms with E-state index in [-0.39, 0.29) is 5.56 Å². The van der Waals surface area contributed by atoms with E-state index in [2.05, 4.69) is 27.8 Å². The minimum atomic E-state index is -0.603. The van der Waals surface area contributed by atoms with Crippen LogP contribution >= 0.6 is 27.3 Å². The third-order valence-electron chi connectivity index (χ3n) is 5.26. The molecule has 1 aromatic heterocycles. The second-order valence-corrected chi connectivity index (χ2v) is 9.39. The summed E-state index contributed by atoms with van der Waals surface area (Å²) in [7, 11) is 1.33.